The van der Waals surface area contributed by atoms with E-state index in [1.165, 1.54) is 12.1 Å². The number of halogens is 2. The Morgan fingerprint density at radius 1 is 1.06 bits per heavy atom. The molecule has 2 atom stereocenters. The Bertz CT molecular complexity index is 1100. The fourth-order valence-electron chi connectivity index (χ4n) is 5.91. The summed E-state index contributed by atoms with van der Waals surface area (Å²) < 4.78 is 39.2. The van der Waals surface area contributed by atoms with Crippen LogP contribution in [-0.2, 0) is 22.4 Å². The first-order valence-electron chi connectivity index (χ1n) is 11.7. The van der Waals surface area contributed by atoms with Gasteiger partial charge in [0.2, 0.25) is 0 Å². The lowest BCUT2D eigenvalue weighted by Gasteiger charge is -2.37. The number of benzene rings is 1. The minimum atomic E-state index is -0.991. The van der Waals surface area contributed by atoms with Gasteiger partial charge in [-0.25, -0.2) is 8.78 Å². The molecule has 0 saturated carbocycles. The standard InChI is InChI=1S/C24H25F2N3O4/c25-15-11-14(12-16(26)13-15)18-5-6-20-29(18)23(31)24(32-20)7-9-28(10-8-24)22(30)21-17-3-1-2-4-19(17)33-27-21/h11-13,18,20H,1-10H2/t18-,20+/m0/s1. The molecule has 0 radical (unpaired) electrons. The predicted octanol–water partition coefficient (Wildman–Crippen LogP) is 3.53. The van der Waals surface area contributed by atoms with Crippen molar-refractivity contribution in [2.75, 3.05) is 13.1 Å². The number of ether oxygens (including phenoxy) is 1. The van der Waals surface area contributed by atoms with Crippen LogP contribution >= 0.6 is 0 Å². The highest BCUT2D eigenvalue weighted by atomic mass is 19.1. The summed E-state index contributed by atoms with van der Waals surface area (Å²) in [7, 11) is 0. The number of piperidine rings is 1. The zero-order valence-corrected chi connectivity index (χ0v) is 18.2. The number of likely N-dealkylation sites (tertiary alicyclic amines) is 1. The van der Waals surface area contributed by atoms with Crippen molar-refractivity contribution in [3.63, 3.8) is 0 Å². The molecule has 0 N–H and O–H groups in total. The highest BCUT2D eigenvalue weighted by Gasteiger charge is 2.58. The van der Waals surface area contributed by atoms with Gasteiger partial charge in [0.1, 0.15) is 23.6 Å². The molecule has 0 unspecified atom stereocenters. The van der Waals surface area contributed by atoms with Gasteiger partial charge in [-0.2, -0.15) is 0 Å². The lowest BCUT2D eigenvalue weighted by Crippen LogP contribution is -2.51. The van der Waals surface area contributed by atoms with Gasteiger partial charge < -0.3 is 19.1 Å². The van der Waals surface area contributed by atoms with E-state index >= 15 is 0 Å². The maximum atomic E-state index is 13.8. The van der Waals surface area contributed by atoms with E-state index in [9.17, 15) is 18.4 Å². The topological polar surface area (TPSA) is 75.9 Å². The molecule has 1 aromatic heterocycles. The van der Waals surface area contributed by atoms with E-state index in [0.717, 1.165) is 43.1 Å². The van der Waals surface area contributed by atoms with Gasteiger partial charge in [0.05, 0.1) is 6.04 Å². The van der Waals surface area contributed by atoms with Crippen LogP contribution in [-0.4, -0.2) is 51.7 Å². The third-order valence-electron chi connectivity index (χ3n) is 7.60. The van der Waals surface area contributed by atoms with Crippen molar-refractivity contribution in [1.82, 2.24) is 15.0 Å². The Hall–Kier alpha value is -2.81. The molecule has 4 aliphatic rings. The van der Waals surface area contributed by atoms with Crippen LogP contribution in [0.5, 0.6) is 0 Å². The Labute approximate surface area is 189 Å². The molecule has 1 aromatic carbocycles. The number of aryl methyl sites for hydroxylation is 1. The summed E-state index contributed by atoms with van der Waals surface area (Å²) in [6, 6.07) is 2.99. The molecule has 7 nitrogen and oxygen atoms in total. The first kappa shape index (κ1) is 20.8. The molecule has 1 spiro atoms. The van der Waals surface area contributed by atoms with Crippen molar-refractivity contribution in [2.45, 2.75) is 69.2 Å². The number of carbonyl (C=O) groups excluding carboxylic acids is 2. The molecular formula is C24H25F2N3O4. The SMILES string of the molecule is O=C(c1noc2c1CCCC2)N1CCC2(CC1)O[C@@H]1CC[C@@H](c3cc(F)cc(F)c3)N1C2=O. The third kappa shape index (κ3) is 3.27. The number of carbonyl (C=O) groups is 2. The van der Waals surface area contributed by atoms with Crippen LogP contribution in [0.25, 0.3) is 0 Å². The lowest BCUT2D eigenvalue weighted by atomic mass is 9.89. The van der Waals surface area contributed by atoms with Crippen molar-refractivity contribution in [3.8, 4) is 0 Å². The number of hydrogen-bond acceptors (Lipinski definition) is 5. The number of rotatable bonds is 2. The maximum absolute atomic E-state index is 13.8. The van der Waals surface area contributed by atoms with Gasteiger partial charge in [0, 0.05) is 44.0 Å². The molecule has 3 saturated heterocycles. The molecule has 0 bridgehead atoms. The van der Waals surface area contributed by atoms with Crippen molar-refractivity contribution in [1.29, 1.82) is 0 Å². The van der Waals surface area contributed by atoms with E-state index < -0.39 is 29.5 Å². The first-order chi connectivity index (χ1) is 15.9. The number of aromatic nitrogens is 1. The summed E-state index contributed by atoms with van der Waals surface area (Å²) in [5.74, 6) is -0.801. The first-order valence-corrected chi connectivity index (χ1v) is 11.7. The van der Waals surface area contributed by atoms with Gasteiger partial charge in [0.25, 0.3) is 11.8 Å². The highest BCUT2D eigenvalue weighted by molar-refractivity contribution is 5.94. The number of amides is 2. The van der Waals surface area contributed by atoms with Crippen LogP contribution in [0.2, 0.25) is 0 Å². The van der Waals surface area contributed by atoms with Crippen LogP contribution in [0.4, 0.5) is 8.78 Å². The van der Waals surface area contributed by atoms with Crippen molar-refractivity contribution >= 4 is 11.8 Å². The number of nitrogens with zero attached hydrogens (tertiary/aromatic N) is 3. The Balaban J connectivity index is 1.18. The zero-order chi connectivity index (χ0) is 22.7. The fraction of sp³-hybridized carbons (Fsp3) is 0.542. The Morgan fingerprint density at radius 2 is 1.79 bits per heavy atom. The van der Waals surface area contributed by atoms with Gasteiger partial charge in [-0.3, -0.25) is 9.59 Å². The molecular weight excluding hydrogens is 432 g/mol. The second-order valence-corrected chi connectivity index (χ2v) is 9.51. The van der Waals surface area contributed by atoms with Crippen molar-refractivity contribution in [2.24, 2.45) is 0 Å². The minimum absolute atomic E-state index is 0.148. The normalized spacial score (nSPS) is 26.1. The molecule has 2 aromatic rings. The van der Waals surface area contributed by atoms with E-state index in [-0.39, 0.29) is 11.8 Å². The monoisotopic (exact) mass is 457 g/mol. The molecule has 1 aliphatic carbocycles. The van der Waals surface area contributed by atoms with Crippen molar-refractivity contribution < 1.29 is 27.6 Å². The number of hydrogen-bond donors (Lipinski definition) is 0. The van der Waals surface area contributed by atoms with Crippen LogP contribution in [0.1, 0.15) is 71.9 Å². The second-order valence-electron chi connectivity index (χ2n) is 9.51. The Morgan fingerprint density at radius 3 is 2.55 bits per heavy atom. The van der Waals surface area contributed by atoms with E-state index in [0.29, 0.717) is 50.0 Å². The fourth-order valence-corrected chi connectivity index (χ4v) is 5.91. The summed E-state index contributed by atoms with van der Waals surface area (Å²) in [6.45, 7) is 0.762. The summed E-state index contributed by atoms with van der Waals surface area (Å²) in [5.41, 5.74) is 0.779. The number of fused-ring (bicyclic) bond motifs is 2. The molecule has 33 heavy (non-hydrogen) atoms. The smallest absolute Gasteiger partial charge is 0.276 e. The van der Waals surface area contributed by atoms with Crippen LogP contribution < -0.4 is 0 Å². The summed E-state index contributed by atoms with van der Waals surface area (Å²) >= 11 is 0. The van der Waals surface area contributed by atoms with E-state index in [2.05, 4.69) is 5.16 Å². The quantitative estimate of drug-likeness (QED) is 0.690. The van der Waals surface area contributed by atoms with Crippen LogP contribution in [0.3, 0.4) is 0 Å². The predicted molar refractivity (Wildman–Crippen MR) is 111 cm³/mol. The van der Waals surface area contributed by atoms with Gasteiger partial charge in [-0.15, -0.1) is 0 Å². The molecule has 4 heterocycles. The highest BCUT2D eigenvalue weighted by Crippen LogP contribution is 2.48. The van der Waals surface area contributed by atoms with E-state index in [1.807, 2.05) is 0 Å². The molecule has 6 rings (SSSR count). The van der Waals surface area contributed by atoms with Crippen LogP contribution in [0.15, 0.2) is 22.7 Å². The Kier molecular flexibility index (Phi) is 4.79. The van der Waals surface area contributed by atoms with Crippen molar-refractivity contribution in [3.05, 3.63) is 52.4 Å². The van der Waals surface area contributed by atoms with Crippen LogP contribution in [0, 0.1) is 11.6 Å². The molecule has 2 amide bonds. The van der Waals surface area contributed by atoms with Gasteiger partial charge >= 0.3 is 0 Å². The summed E-state index contributed by atoms with van der Waals surface area (Å²) in [6.07, 6.45) is 5.26. The third-order valence-corrected chi connectivity index (χ3v) is 7.60. The average Bonchev–Trinajstić information content (AvgIpc) is 3.48. The zero-order valence-electron chi connectivity index (χ0n) is 18.2. The molecule has 174 valence electrons. The van der Waals surface area contributed by atoms with Gasteiger partial charge in [-0.1, -0.05) is 5.16 Å². The second kappa shape index (κ2) is 7.62. The minimum Gasteiger partial charge on any atom is -0.360 e. The summed E-state index contributed by atoms with van der Waals surface area (Å²) in [4.78, 5) is 30.0. The van der Waals surface area contributed by atoms with E-state index in [1.54, 1.807) is 9.80 Å². The summed E-state index contributed by atoms with van der Waals surface area (Å²) in [5, 5.41) is 4.05. The molecule has 3 aliphatic heterocycles. The largest absolute Gasteiger partial charge is 0.360 e. The van der Waals surface area contributed by atoms with E-state index in [4.69, 9.17) is 9.26 Å². The maximum Gasteiger partial charge on any atom is 0.276 e. The molecule has 3 fully saturated rings. The lowest BCUT2D eigenvalue weighted by molar-refractivity contribution is -0.142. The van der Waals surface area contributed by atoms with Gasteiger partial charge in [-0.05, 0) is 49.8 Å². The average molecular weight is 457 g/mol. The van der Waals surface area contributed by atoms with Gasteiger partial charge in [0.15, 0.2) is 11.3 Å². The molecule has 9 heteroatoms.